The van der Waals surface area contributed by atoms with E-state index in [0.29, 0.717) is 36.8 Å². The Kier molecular flexibility index (Phi) is 7.88. The van der Waals surface area contributed by atoms with Gasteiger partial charge in [0, 0.05) is 23.5 Å². The summed E-state index contributed by atoms with van der Waals surface area (Å²) >= 11 is 1.72. The van der Waals surface area contributed by atoms with Crippen molar-refractivity contribution in [3.05, 3.63) is 75.5 Å². The van der Waals surface area contributed by atoms with Gasteiger partial charge in [0.2, 0.25) is 12.7 Å². The summed E-state index contributed by atoms with van der Waals surface area (Å²) in [5.41, 5.74) is 2.79. The fraction of sp³-hybridized carbons (Fsp3) is 0.400. The third kappa shape index (κ3) is 5.65. The highest BCUT2D eigenvalue weighted by Crippen LogP contribution is 2.35. The molecule has 2 aliphatic heterocycles. The first-order valence-electron chi connectivity index (χ1n) is 13.2. The molecule has 0 fully saturated rings. The number of rotatable bonds is 9. The Balaban J connectivity index is 1.35. The Hall–Kier alpha value is -3.52. The topological polar surface area (TPSA) is 68.3 Å². The zero-order valence-electron chi connectivity index (χ0n) is 22.1. The predicted octanol–water partition coefficient (Wildman–Crippen LogP) is 5.48. The molecule has 0 aliphatic carbocycles. The molecule has 5 rings (SSSR count). The third-order valence-corrected chi connectivity index (χ3v) is 8.30. The lowest BCUT2D eigenvalue weighted by molar-refractivity contribution is -0.135. The summed E-state index contributed by atoms with van der Waals surface area (Å²) in [4.78, 5) is 32.3. The Morgan fingerprint density at radius 1 is 1.13 bits per heavy atom. The molecule has 2 aromatic carbocycles. The maximum absolute atomic E-state index is 13.8. The van der Waals surface area contributed by atoms with Gasteiger partial charge in [-0.3, -0.25) is 9.59 Å². The summed E-state index contributed by atoms with van der Waals surface area (Å²) in [5, 5.41) is 2.08. The summed E-state index contributed by atoms with van der Waals surface area (Å²) in [5.74, 6) is 1.96. The molecule has 0 N–H and O–H groups in total. The van der Waals surface area contributed by atoms with Crippen LogP contribution in [0.15, 0.2) is 53.9 Å². The number of ether oxygens (including phenoxy) is 3. The number of benzene rings is 2. The molecule has 2 amide bonds. The lowest BCUT2D eigenvalue weighted by Gasteiger charge is -2.37. The first-order valence-corrected chi connectivity index (χ1v) is 14.0. The summed E-state index contributed by atoms with van der Waals surface area (Å²) < 4.78 is 17.0. The minimum Gasteiger partial charge on any atom is -0.491 e. The summed E-state index contributed by atoms with van der Waals surface area (Å²) in [6, 6.07) is 15.0. The van der Waals surface area contributed by atoms with Crippen LogP contribution >= 0.6 is 11.3 Å². The van der Waals surface area contributed by atoms with Gasteiger partial charge in [-0.15, -0.1) is 11.3 Å². The number of carbonyl (C=O) groups is 2. The van der Waals surface area contributed by atoms with Gasteiger partial charge in [0.15, 0.2) is 11.5 Å². The molecule has 0 saturated carbocycles. The SMILES string of the molecule is CC[C@H](C)CN(CC(=O)N1CCc2sccc2[C@@H]1COc1ccc(C)cc1)C(=O)c1ccc2c(c1)OCO2. The molecule has 1 aromatic heterocycles. The van der Waals surface area contributed by atoms with Crippen molar-refractivity contribution in [2.24, 2.45) is 5.92 Å². The van der Waals surface area contributed by atoms with Gasteiger partial charge in [0.25, 0.3) is 5.91 Å². The lowest BCUT2D eigenvalue weighted by atomic mass is 10.00. The molecular formula is C30H34N2O5S. The maximum Gasteiger partial charge on any atom is 0.254 e. The number of hydrogen-bond acceptors (Lipinski definition) is 6. The van der Waals surface area contributed by atoms with Crippen molar-refractivity contribution in [2.45, 2.75) is 39.7 Å². The molecule has 7 nitrogen and oxygen atoms in total. The van der Waals surface area contributed by atoms with Crippen molar-refractivity contribution in [3.63, 3.8) is 0 Å². The second-order valence-electron chi connectivity index (χ2n) is 10.0. The van der Waals surface area contributed by atoms with E-state index < -0.39 is 0 Å². The molecule has 2 atom stereocenters. The largest absolute Gasteiger partial charge is 0.491 e. The van der Waals surface area contributed by atoms with Gasteiger partial charge in [-0.2, -0.15) is 0 Å². The van der Waals surface area contributed by atoms with E-state index in [1.54, 1.807) is 34.4 Å². The van der Waals surface area contributed by atoms with Crippen LogP contribution in [-0.2, 0) is 11.2 Å². The van der Waals surface area contributed by atoms with Crippen LogP contribution in [0.3, 0.4) is 0 Å². The molecular weight excluding hydrogens is 500 g/mol. The molecule has 0 radical (unpaired) electrons. The number of nitrogens with zero attached hydrogens (tertiary/aromatic N) is 2. The number of thiophene rings is 1. The van der Waals surface area contributed by atoms with Crippen molar-refractivity contribution in [1.29, 1.82) is 0 Å². The second kappa shape index (κ2) is 11.5. The Bertz CT molecular complexity index is 1290. The smallest absolute Gasteiger partial charge is 0.254 e. The van der Waals surface area contributed by atoms with Crippen LogP contribution < -0.4 is 14.2 Å². The van der Waals surface area contributed by atoms with Crippen LogP contribution in [0.4, 0.5) is 0 Å². The molecule has 0 bridgehead atoms. The average molecular weight is 535 g/mol. The van der Waals surface area contributed by atoms with Crippen LogP contribution in [0.2, 0.25) is 0 Å². The quantitative estimate of drug-likeness (QED) is 0.364. The van der Waals surface area contributed by atoms with E-state index in [1.807, 2.05) is 36.1 Å². The summed E-state index contributed by atoms with van der Waals surface area (Å²) in [6.07, 6.45) is 1.72. The minimum absolute atomic E-state index is 0.0120. The Morgan fingerprint density at radius 3 is 2.71 bits per heavy atom. The van der Waals surface area contributed by atoms with Crippen LogP contribution in [0, 0.1) is 12.8 Å². The molecule has 200 valence electrons. The molecule has 3 aromatic rings. The lowest BCUT2D eigenvalue weighted by Crippen LogP contribution is -2.48. The van der Waals surface area contributed by atoms with Crippen molar-refractivity contribution < 1.29 is 23.8 Å². The number of hydrogen-bond donors (Lipinski definition) is 0. The highest BCUT2D eigenvalue weighted by Gasteiger charge is 2.34. The predicted molar refractivity (Wildman–Crippen MR) is 147 cm³/mol. The van der Waals surface area contributed by atoms with Crippen LogP contribution in [-0.4, -0.2) is 54.6 Å². The van der Waals surface area contributed by atoms with E-state index in [1.165, 1.54) is 10.4 Å². The molecule has 38 heavy (non-hydrogen) atoms. The van der Waals surface area contributed by atoms with Crippen LogP contribution in [0.25, 0.3) is 0 Å². The van der Waals surface area contributed by atoms with E-state index in [9.17, 15) is 9.59 Å². The fourth-order valence-corrected chi connectivity index (χ4v) is 5.80. The van der Waals surface area contributed by atoms with Gasteiger partial charge in [-0.05, 0) is 66.6 Å². The first-order chi connectivity index (χ1) is 18.4. The molecule has 8 heteroatoms. The first kappa shape index (κ1) is 26.1. The molecule has 2 aliphatic rings. The van der Waals surface area contributed by atoms with Crippen molar-refractivity contribution >= 4 is 23.2 Å². The van der Waals surface area contributed by atoms with Gasteiger partial charge >= 0.3 is 0 Å². The van der Waals surface area contributed by atoms with Gasteiger partial charge in [0.05, 0.1) is 6.04 Å². The molecule has 0 unspecified atom stereocenters. The zero-order chi connectivity index (χ0) is 26.6. The zero-order valence-corrected chi connectivity index (χ0v) is 23.0. The van der Waals surface area contributed by atoms with E-state index in [4.69, 9.17) is 14.2 Å². The normalized spacial score (nSPS) is 16.6. The number of fused-ring (bicyclic) bond motifs is 2. The third-order valence-electron chi connectivity index (χ3n) is 7.31. The van der Waals surface area contributed by atoms with Gasteiger partial charge in [-0.25, -0.2) is 0 Å². The van der Waals surface area contributed by atoms with Crippen molar-refractivity contribution in [1.82, 2.24) is 9.80 Å². The maximum atomic E-state index is 13.8. The Morgan fingerprint density at radius 2 is 1.92 bits per heavy atom. The molecule has 0 saturated heterocycles. The van der Waals surface area contributed by atoms with Crippen molar-refractivity contribution in [3.8, 4) is 17.2 Å². The van der Waals surface area contributed by atoms with E-state index in [-0.39, 0.29) is 37.1 Å². The van der Waals surface area contributed by atoms with Crippen LogP contribution in [0.5, 0.6) is 17.2 Å². The molecule has 0 spiro atoms. The number of aryl methyl sites for hydroxylation is 1. The molecule has 3 heterocycles. The number of carbonyl (C=O) groups excluding carboxylic acids is 2. The monoisotopic (exact) mass is 534 g/mol. The van der Waals surface area contributed by atoms with E-state index in [2.05, 4.69) is 25.3 Å². The standard InChI is InChI=1S/C30H34N2O5S/c1-4-20(2)16-31(30(34)22-7-10-26-27(15-22)37-19-36-26)17-29(33)32-13-11-28-24(12-14-38-28)25(32)18-35-23-8-5-21(3)6-9-23/h5-10,12,14-15,20,25H,4,11,13,16-19H2,1-3H3/t20-,25-/m0/s1. The fourth-order valence-electron chi connectivity index (χ4n) is 4.88. The second-order valence-corrected chi connectivity index (χ2v) is 11.0. The Labute approximate surface area is 227 Å². The highest BCUT2D eigenvalue weighted by molar-refractivity contribution is 7.10. The highest BCUT2D eigenvalue weighted by atomic mass is 32.1. The summed E-state index contributed by atoms with van der Waals surface area (Å²) in [6.45, 7) is 7.85. The summed E-state index contributed by atoms with van der Waals surface area (Å²) in [7, 11) is 0. The van der Waals surface area contributed by atoms with Gasteiger partial charge in [-0.1, -0.05) is 38.0 Å². The van der Waals surface area contributed by atoms with Crippen molar-refractivity contribution in [2.75, 3.05) is 33.0 Å². The minimum atomic E-state index is -0.204. The number of amides is 2. The van der Waals surface area contributed by atoms with Gasteiger partial charge < -0.3 is 24.0 Å². The van der Waals surface area contributed by atoms with Crippen LogP contribution in [0.1, 0.15) is 52.7 Å². The average Bonchev–Trinajstić information content (AvgIpc) is 3.60. The van der Waals surface area contributed by atoms with Gasteiger partial charge in [0.1, 0.15) is 18.9 Å². The van der Waals surface area contributed by atoms with E-state index >= 15 is 0 Å². The van der Waals surface area contributed by atoms with E-state index in [0.717, 1.165) is 24.2 Å².